The molecular weight excluding hydrogens is 438 g/mol. The normalized spacial score (nSPS) is 10.9. The maximum absolute atomic E-state index is 12.4. The molecule has 0 fully saturated rings. The zero-order valence-electron chi connectivity index (χ0n) is 18.1. The average molecular weight is 464 g/mol. The first kappa shape index (κ1) is 22.1. The lowest BCUT2D eigenvalue weighted by atomic mass is 10.1. The van der Waals surface area contributed by atoms with Crippen molar-refractivity contribution in [1.82, 2.24) is 25.1 Å². The predicted octanol–water partition coefficient (Wildman–Crippen LogP) is 5.10. The van der Waals surface area contributed by atoms with Gasteiger partial charge in [0.1, 0.15) is 0 Å². The Hall–Kier alpha value is -3.10. The summed E-state index contributed by atoms with van der Waals surface area (Å²) in [5, 5.41) is 13.3. The summed E-state index contributed by atoms with van der Waals surface area (Å²) < 4.78 is 2.39. The van der Waals surface area contributed by atoms with Crippen LogP contribution in [-0.4, -0.2) is 32.2 Å². The van der Waals surface area contributed by atoms with E-state index in [1.807, 2.05) is 42.7 Å². The van der Waals surface area contributed by atoms with E-state index < -0.39 is 0 Å². The fraction of sp³-hybridized carbons (Fsp3) is 0.250. The molecular formula is C24H25N5OS2. The predicted molar refractivity (Wildman–Crippen MR) is 131 cm³/mol. The molecule has 6 nitrogen and oxygen atoms in total. The summed E-state index contributed by atoms with van der Waals surface area (Å²) in [7, 11) is 0. The number of nitrogens with zero attached hydrogens (tertiary/aromatic N) is 3. The second-order valence-corrected chi connectivity index (χ2v) is 9.12. The van der Waals surface area contributed by atoms with Crippen LogP contribution < -0.4 is 5.32 Å². The van der Waals surface area contributed by atoms with E-state index in [1.165, 1.54) is 11.1 Å². The van der Waals surface area contributed by atoms with Crippen molar-refractivity contribution in [1.29, 1.82) is 0 Å². The first-order valence-corrected chi connectivity index (χ1v) is 11.8. The third kappa shape index (κ3) is 5.38. The summed E-state index contributed by atoms with van der Waals surface area (Å²) in [5.41, 5.74) is 5.46. The van der Waals surface area contributed by atoms with Gasteiger partial charge in [0.2, 0.25) is 5.91 Å². The lowest BCUT2D eigenvalue weighted by molar-refractivity contribution is -0.121. The van der Waals surface area contributed by atoms with Crippen LogP contribution >= 0.6 is 23.6 Å². The van der Waals surface area contributed by atoms with E-state index in [2.05, 4.69) is 50.1 Å². The van der Waals surface area contributed by atoms with Gasteiger partial charge in [-0.25, -0.2) is 4.98 Å². The number of H-pyrrole nitrogens is 1. The van der Waals surface area contributed by atoms with Gasteiger partial charge in [0.25, 0.3) is 0 Å². The van der Waals surface area contributed by atoms with Gasteiger partial charge in [0, 0.05) is 36.0 Å². The first-order valence-electron chi connectivity index (χ1n) is 10.5. The molecule has 0 saturated heterocycles. The van der Waals surface area contributed by atoms with E-state index in [0.29, 0.717) is 24.3 Å². The van der Waals surface area contributed by atoms with Gasteiger partial charge in [0.05, 0.1) is 10.7 Å². The number of carbonyl (C=O) groups excluding carboxylic acids is 1. The molecule has 8 heteroatoms. The number of amides is 1. The lowest BCUT2D eigenvalue weighted by Crippen LogP contribution is -2.26. The van der Waals surface area contributed by atoms with Crippen molar-refractivity contribution in [2.24, 2.45) is 0 Å². The number of rotatable bonds is 8. The Labute approximate surface area is 196 Å². The summed E-state index contributed by atoms with van der Waals surface area (Å²) in [5.74, 6) is 0.746. The number of aromatic nitrogens is 4. The van der Waals surface area contributed by atoms with Crippen LogP contribution in [0.25, 0.3) is 22.6 Å². The topological polar surface area (TPSA) is 75.6 Å². The van der Waals surface area contributed by atoms with Crippen LogP contribution in [0.15, 0.2) is 53.9 Å². The molecule has 2 aromatic heterocycles. The second kappa shape index (κ2) is 10.0. The molecule has 164 valence electrons. The van der Waals surface area contributed by atoms with E-state index >= 15 is 0 Å². The molecule has 0 saturated carbocycles. The lowest BCUT2D eigenvalue weighted by Gasteiger charge is -2.09. The van der Waals surface area contributed by atoms with Crippen LogP contribution in [0.2, 0.25) is 0 Å². The Kier molecular flexibility index (Phi) is 6.92. The van der Waals surface area contributed by atoms with Gasteiger partial charge in [-0.2, -0.15) is 5.10 Å². The molecule has 2 aromatic carbocycles. The van der Waals surface area contributed by atoms with E-state index in [0.717, 1.165) is 34.1 Å². The maximum atomic E-state index is 12.4. The van der Waals surface area contributed by atoms with Crippen LogP contribution in [0.5, 0.6) is 0 Å². The van der Waals surface area contributed by atoms with E-state index in [9.17, 15) is 4.79 Å². The summed E-state index contributed by atoms with van der Waals surface area (Å²) in [6, 6.07) is 16.4. The Morgan fingerprint density at radius 2 is 1.81 bits per heavy atom. The Morgan fingerprint density at radius 3 is 2.50 bits per heavy atom. The fourth-order valence-electron chi connectivity index (χ4n) is 3.43. The molecule has 0 aliphatic carbocycles. The molecule has 0 spiro atoms. The molecule has 2 N–H and O–H groups in total. The number of aryl methyl sites for hydroxylation is 2. The quantitative estimate of drug-likeness (QED) is 0.357. The van der Waals surface area contributed by atoms with Crippen molar-refractivity contribution in [3.8, 4) is 22.6 Å². The highest BCUT2D eigenvalue weighted by molar-refractivity contribution is 7.71. The third-order valence-corrected chi connectivity index (χ3v) is 6.32. The van der Waals surface area contributed by atoms with Gasteiger partial charge in [-0.3, -0.25) is 14.5 Å². The highest BCUT2D eigenvalue weighted by Gasteiger charge is 2.11. The number of hydrogen-bond acceptors (Lipinski definition) is 5. The summed E-state index contributed by atoms with van der Waals surface area (Å²) in [6.07, 6.45) is 1.12. The number of carbonyl (C=O) groups is 1. The number of nitrogens with one attached hydrogen (secondary N) is 2. The van der Waals surface area contributed by atoms with Crippen molar-refractivity contribution in [3.05, 3.63) is 74.8 Å². The standard InChI is InChI=1S/C24H25N5OS2/c1-16-3-7-20(8-4-16)23-27-28-24(31)29(23)14-12-22(30)25-13-11-18-5-9-19(10-6-18)21-15-32-17(2)26-21/h3-10,15H,11-14H2,1-2H3,(H,25,30)(H,28,31). The molecule has 0 bridgehead atoms. The van der Waals surface area contributed by atoms with Crippen LogP contribution in [0.1, 0.15) is 22.6 Å². The number of aromatic amines is 1. The molecule has 0 unspecified atom stereocenters. The minimum Gasteiger partial charge on any atom is -0.356 e. The van der Waals surface area contributed by atoms with Crippen molar-refractivity contribution >= 4 is 29.5 Å². The molecule has 32 heavy (non-hydrogen) atoms. The van der Waals surface area contributed by atoms with Gasteiger partial charge in [-0.15, -0.1) is 11.3 Å². The average Bonchev–Trinajstić information content (AvgIpc) is 3.39. The largest absolute Gasteiger partial charge is 0.356 e. The van der Waals surface area contributed by atoms with Crippen molar-refractivity contribution in [3.63, 3.8) is 0 Å². The Morgan fingerprint density at radius 1 is 1.09 bits per heavy atom. The monoisotopic (exact) mass is 463 g/mol. The first-order chi connectivity index (χ1) is 15.5. The van der Waals surface area contributed by atoms with Gasteiger partial charge >= 0.3 is 0 Å². The van der Waals surface area contributed by atoms with Gasteiger partial charge in [0.15, 0.2) is 10.6 Å². The molecule has 4 aromatic rings. The van der Waals surface area contributed by atoms with Crippen LogP contribution in [0.3, 0.4) is 0 Å². The minimum atomic E-state index is -0.00229. The number of thiazole rings is 1. The van der Waals surface area contributed by atoms with Crippen LogP contribution in [-0.2, 0) is 17.8 Å². The number of hydrogen-bond donors (Lipinski definition) is 2. The number of benzene rings is 2. The van der Waals surface area contributed by atoms with Crippen molar-refractivity contribution < 1.29 is 4.79 Å². The van der Waals surface area contributed by atoms with Crippen LogP contribution in [0.4, 0.5) is 0 Å². The smallest absolute Gasteiger partial charge is 0.221 e. The summed E-state index contributed by atoms with van der Waals surface area (Å²) in [6.45, 7) is 5.12. The van der Waals surface area contributed by atoms with E-state index in [-0.39, 0.29) is 5.91 Å². The zero-order chi connectivity index (χ0) is 22.5. The third-order valence-electron chi connectivity index (χ3n) is 5.24. The molecule has 0 aliphatic heterocycles. The minimum absolute atomic E-state index is 0.00229. The highest BCUT2D eigenvalue weighted by atomic mass is 32.1. The van der Waals surface area contributed by atoms with Gasteiger partial charge < -0.3 is 5.32 Å². The Balaban J connectivity index is 1.28. The van der Waals surface area contributed by atoms with E-state index in [4.69, 9.17) is 12.2 Å². The summed E-state index contributed by atoms with van der Waals surface area (Å²) >= 11 is 7.01. The molecule has 0 radical (unpaired) electrons. The molecule has 1 amide bonds. The highest BCUT2D eigenvalue weighted by Crippen LogP contribution is 2.22. The Bertz CT molecular complexity index is 1250. The SMILES string of the molecule is Cc1ccc(-c2n[nH]c(=S)n2CCC(=O)NCCc2ccc(-c3csc(C)n3)cc2)cc1. The molecule has 0 aliphatic rings. The molecule has 0 atom stereocenters. The van der Waals surface area contributed by atoms with Crippen LogP contribution in [0, 0.1) is 18.6 Å². The zero-order valence-corrected chi connectivity index (χ0v) is 19.7. The van der Waals surface area contributed by atoms with Crippen molar-refractivity contribution in [2.45, 2.75) is 33.2 Å². The second-order valence-electron chi connectivity index (χ2n) is 7.67. The van der Waals surface area contributed by atoms with Gasteiger partial charge in [-0.1, -0.05) is 54.1 Å². The van der Waals surface area contributed by atoms with E-state index in [1.54, 1.807) is 11.3 Å². The summed E-state index contributed by atoms with van der Waals surface area (Å²) in [4.78, 5) is 16.9. The fourth-order valence-corrected chi connectivity index (χ4v) is 4.28. The van der Waals surface area contributed by atoms with Crippen molar-refractivity contribution in [2.75, 3.05) is 6.54 Å². The molecule has 4 rings (SSSR count). The van der Waals surface area contributed by atoms with Gasteiger partial charge in [-0.05, 0) is 38.0 Å². The molecule has 2 heterocycles. The maximum Gasteiger partial charge on any atom is 0.221 e.